The molecule has 0 aromatic carbocycles. The van der Waals surface area contributed by atoms with Gasteiger partial charge in [-0.2, -0.15) is 5.26 Å². The first-order valence-corrected chi connectivity index (χ1v) is 11.5. The summed E-state index contributed by atoms with van der Waals surface area (Å²) >= 11 is 0. The van der Waals surface area contributed by atoms with Crippen molar-refractivity contribution in [2.24, 2.45) is 34.5 Å². The topological polar surface area (TPSA) is 111 Å². The molecule has 30 heavy (non-hydrogen) atoms. The summed E-state index contributed by atoms with van der Waals surface area (Å²) in [6.45, 7) is 4.45. The third-order valence-corrected chi connectivity index (χ3v) is 10.2. The van der Waals surface area contributed by atoms with Crippen molar-refractivity contribution in [1.82, 2.24) is 0 Å². The van der Waals surface area contributed by atoms with E-state index in [9.17, 15) is 25.4 Å². The number of rotatable bonds is 1. The van der Waals surface area contributed by atoms with Gasteiger partial charge in [0.2, 0.25) is 0 Å². The molecule has 4 aliphatic carbocycles. The molecule has 5 rings (SSSR count). The van der Waals surface area contributed by atoms with Crippen molar-refractivity contribution < 1.29 is 24.9 Å². The van der Waals surface area contributed by atoms with Gasteiger partial charge < -0.3 is 20.1 Å². The molecule has 0 amide bonds. The Kier molecular flexibility index (Phi) is 4.47. The number of nitrogens with zero attached hydrogens (tertiary/aromatic N) is 1. The first-order chi connectivity index (χ1) is 14.2. The molecule has 1 unspecified atom stereocenters. The van der Waals surface area contributed by atoms with Crippen molar-refractivity contribution in [3.8, 4) is 6.07 Å². The van der Waals surface area contributed by atoms with Gasteiger partial charge in [0.15, 0.2) is 0 Å². The van der Waals surface area contributed by atoms with Crippen LogP contribution < -0.4 is 0 Å². The van der Waals surface area contributed by atoms with Gasteiger partial charge in [0, 0.05) is 17.8 Å². The van der Waals surface area contributed by atoms with Crippen molar-refractivity contribution in [2.75, 3.05) is 6.61 Å². The fourth-order valence-corrected chi connectivity index (χ4v) is 8.64. The van der Waals surface area contributed by atoms with Crippen LogP contribution in [0.3, 0.4) is 0 Å². The average Bonchev–Trinajstić information content (AvgIpc) is 3.15. The van der Waals surface area contributed by atoms with E-state index in [1.807, 2.05) is 13.0 Å². The molecule has 4 fully saturated rings. The number of hydrogen-bond donors (Lipinski definition) is 3. The lowest BCUT2D eigenvalue weighted by molar-refractivity contribution is -0.208. The molecule has 1 heterocycles. The first kappa shape index (κ1) is 20.5. The van der Waals surface area contributed by atoms with Gasteiger partial charge in [-0.1, -0.05) is 13.8 Å². The molecular formula is C24H33NO5. The van der Waals surface area contributed by atoms with E-state index >= 15 is 0 Å². The molecule has 5 aliphatic rings. The summed E-state index contributed by atoms with van der Waals surface area (Å²) in [6, 6.07) is 1.98. The highest BCUT2D eigenvalue weighted by Crippen LogP contribution is 2.70. The van der Waals surface area contributed by atoms with Crippen molar-refractivity contribution in [3.05, 3.63) is 11.1 Å². The molecule has 6 heteroatoms. The highest BCUT2D eigenvalue weighted by atomic mass is 16.5. The van der Waals surface area contributed by atoms with Crippen LogP contribution in [0.25, 0.3) is 0 Å². The van der Waals surface area contributed by atoms with Gasteiger partial charge in [-0.05, 0) is 73.7 Å². The highest BCUT2D eigenvalue weighted by Gasteiger charge is 2.70. The smallest absolute Gasteiger partial charge is 0.349 e. The molecule has 0 radical (unpaired) electrons. The number of carbonyl (C=O) groups excluding carboxylic acids is 1. The number of nitriles is 1. The summed E-state index contributed by atoms with van der Waals surface area (Å²) < 4.78 is 5.14. The fraction of sp³-hybridized carbons (Fsp3) is 0.833. The molecule has 0 bridgehead atoms. The lowest BCUT2D eigenvalue weighted by Gasteiger charge is -2.63. The summed E-state index contributed by atoms with van der Waals surface area (Å²) in [5.41, 5.74) is -0.901. The summed E-state index contributed by atoms with van der Waals surface area (Å²) in [4.78, 5) is 12.0. The van der Waals surface area contributed by atoms with E-state index in [-0.39, 0.29) is 36.0 Å². The van der Waals surface area contributed by atoms with Crippen LogP contribution in [0, 0.1) is 45.8 Å². The Hall–Kier alpha value is -1.42. The Labute approximate surface area is 177 Å². The van der Waals surface area contributed by atoms with Gasteiger partial charge in [0.25, 0.3) is 0 Å². The monoisotopic (exact) mass is 415 g/mol. The van der Waals surface area contributed by atoms with Gasteiger partial charge in [0.05, 0.1) is 17.8 Å². The third kappa shape index (κ3) is 2.43. The fourth-order valence-electron chi connectivity index (χ4n) is 8.64. The van der Waals surface area contributed by atoms with Crippen molar-refractivity contribution >= 4 is 5.97 Å². The zero-order valence-electron chi connectivity index (χ0n) is 17.9. The standard InChI is InChI=1S/C24H33NO5/c1-22-7-5-14(26)9-13(22)3-4-18-17(22)6-8-23(2)20(19(27)10-24(18,23)29)16-12-30-21(28)15(16)11-25/h13-14,17-20,26-27,29H,3-10,12H2,1-2H3/t13-,14+,17+,18-,19+,20+,22+,23-,24?/m1/s1. The Morgan fingerprint density at radius 2 is 1.87 bits per heavy atom. The lowest BCUT2D eigenvalue weighted by atomic mass is 9.43. The first-order valence-electron chi connectivity index (χ1n) is 11.5. The van der Waals surface area contributed by atoms with E-state index in [1.54, 1.807) is 0 Å². The van der Waals surface area contributed by atoms with Crippen LogP contribution in [0.1, 0.15) is 65.2 Å². The maximum Gasteiger partial charge on any atom is 0.349 e. The second kappa shape index (κ2) is 6.54. The summed E-state index contributed by atoms with van der Waals surface area (Å²) in [6.07, 6.45) is 5.61. The van der Waals surface area contributed by atoms with Crippen molar-refractivity contribution in [1.29, 1.82) is 5.26 Å². The number of aliphatic hydroxyl groups excluding tert-OH is 2. The molecule has 3 N–H and O–H groups in total. The zero-order valence-corrected chi connectivity index (χ0v) is 17.9. The zero-order chi connectivity index (χ0) is 21.5. The molecule has 4 saturated carbocycles. The van der Waals surface area contributed by atoms with Gasteiger partial charge >= 0.3 is 5.97 Å². The summed E-state index contributed by atoms with van der Waals surface area (Å²) in [7, 11) is 0. The summed E-state index contributed by atoms with van der Waals surface area (Å²) in [5.74, 6) is -0.0778. The van der Waals surface area contributed by atoms with E-state index in [0.29, 0.717) is 17.4 Å². The van der Waals surface area contributed by atoms with Crippen molar-refractivity contribution in [2.45, 2.75) is 83.0 Å². The average molecular weight is 416 g/mol. The quantitative estimate of drug-likeness (QED) is 0.568. The van der Waals surface area contributed by atoms with E-state index in [0.717, 1.165) is 44.9 Å². The second-order valence-corrected chi connectivity index (χ2v) is 11.1. The minimum atomic E-state index is -1.02. The van der Waals surface area contributed by atoms with Crippen LogP contribution in [0.4, 0.5) is 0 Å². The van der Waals surface area contributed by atoms with Crippen LogP contribution in [0.15, 0.2) is 11.1 Å². The van der Waals surface area contributed by atoms with E-state index in [2.05, 4.69) is 6.92 Å². The molecule has 6 nitrogen and oxygen atoms in total. The molecular weight excluding hydrogens is 382 g/mol. The Balaban J connectivity index is 1.53. The second-order valence-electron chi connectivity index (χ2n) is 11.1. The Morgan fingerprint density at radius 1 is 1.10 bits per heavy atom. The Morgan fingerprint density at radius 3 is 2.60 bits per heavy atom. The van der Waals surface area contributed by atoms with Crippen LogP contribution in [0.5, 0.6) is 0 Å². The third-order valence-electron chi connectivity index (χ3n) is 10.2. The van der Waals surface area contributed by atoms with Crippen LogP contribution in [-0.2, 0) is 9.53 Å². The number of carbonyl (C=O) groups is 1. The molecule has 1 aliphatic heterocycles. The number of hydrogen-bond acceptors (Lipinski definition) is 6. The molecule has 0 aromatic heterocycles. The molecule has 0 spiro atoms. The van der Waals surface area contributed by atoms with Crippen molar-refractivity contribution in [3.63, 3.8) is 0 Å². The minimum absolute atomic E-state index is 0.0172. The van der Waals surface area contributed by atoms with Gasteiger partial charge in [-0.15, -0.1) is 0 Å². The number of fused-ring (bicyclic) bond motifs is 5. The maximum atomic E-state index is 12.2. The highest BCUT2D eigenvalue weighted by molar-refractivity contribution is 5.96. The number of esters is 1. The number of ether oxygens (including phenoxy) is 1. The normalized spacial score (nSPS) is 52.9. The van der Waals surface area contributed by atoms with E-state index < -0.39 is 29.0 Å². The van der Waals surface area contributed by atoms with E-state index in [4.69, 9.17) is 4.74 Å². The van der Waals surface area contributed by atoms with Crippen LogP contribution in [0.2, 0.25) is 0 Å². The minimum Gasteiger partial charge on any atom is -0.457 e. The Bertz CT molecular complexity index is 847. The van der Waals surface area contributed by atoms with Crippen LogP contribution in [-0.4, -0.2) is 45.7 Å². The number of cyclic esters (lactones) is 1. The van der Waals surface area contributed by atoms with Gasteiger partial charge in [0.1, 0.15) is 18.2 Å². The molecule has 0 aromatic rings. The lowest BCUT2D eigenvalue weighted by Crippen LogP contribution is -2.62. The summed E-state index contributed by atoms with van der Waals surface area (Å²) in [5, 5.41) is 43.0. The predicted octanol–water partition coefficient (Wildman–Crippen LogP) is 2.47. The molecule has 0 saturated heterocycles. The van der Waals surface area contributed by atoms with Crippen LogP contribution >= 0.6 is 0 Å². The SMILES string of the molecule is C[C@]12CC[C@H](O)C[C@H]1CC[C@@H]1[C@@H]2CC[C@]2(C)[C@@H](C3=C(C#N)C(=O)OC3)[C@@H](O)CC12O. The largest absolute Gasteiger partial charge is 0.457 e. The predicted molar refractivity (Wildman–Crippen MR) is 108 cm³/mol. The van der Waals surface area contributed by atoms with E-state index in [1.165, 1.54) is 0 Å². The molecule has 164 valence electrons. The van der Waals surface area contributed by atoms with Gasteiger partial charge in [-0.25, -0.2) is 4.79 Å². The number of aliphatic hydroxyl groups is 3. The van der Waals surface area contributed by atoms with Gasteiger partial charge in [-0.3, -0.25) is 0 Å². The maximum absolute atomic E-state index is 12.2. The molecule has 9 atom stereocenters.